The minimum atomic E-state index is -0.178. The van der Waals surface area contributed by atoms with E-state index in [9.17, 15) is 9.50 Å². The molecule has 23 heavy (non-hydrogen) atoms. The lowest BCUT2D eigenvalue weighted by Crippen LogP contribution is -2.46. The van der Waals surface area contributed by atoms with Gasteiger partial charge in [0.1, 0.15) is 11.6 Å². The maximum absolute atomic E-state index is 12.9. The van der Waals surface area contributed by atoms with Crippen LogP contribution in [0.4, 0.5) is 4.39 Å². The molecule has 1 saturated heterocycles. The van der Waals surface area contributed by atoms with Crippen LogP contribution in [0.1, 0.15) is 11.1 Å². The van der Waals surface area contributed by atoms with Crippen molar-refractivity contribution in [1.29, 1.82) is 0 Å². The third kappa shape index (κ3) is 4.53. The minimum absolute atomic E-state index is 0.178. The van der Waals surface area contributed by atoms with Crippen LogP contribution in [0.25, 0.3) is 0 Å². The number of piperazine rings is 1. The molecule has 1 fully saturated rings. The highest BCUT2D eigenvalue weighted by Crippen LogP contribution is 2.17. The summed E-state index contributed by atoms with van der Waals surface area (Å²) in [5.74, 6) is 0.213. The van der Waals surface area contributed by atoms with E-state index in [2.05, 4.69) is 9.80 Å². The first kappa shape index (κ1) is 16.0. The number of nitrogens with zero attached hydrogens (tertiary/aromatic N) is 2. The van der Waals surface area contributed by atoms with E-state index in [0.29, 0.717) is 5.75 Å². The van der Waals surface area contributed by atoms with Crippen molar-refractivity contribution in [3.8, 4) is 5.75 Å². The number of halogens is 1. The zero-order chi connectivity index (χ0) is 16.1. The van der Waals surface area contributed by atoms with Crippen LogP contribution < -0.4 is 0 Å². The normalized spacial score (nSPS) is 16.6. The minimum Gasteiger partial charge on any atom is -0.508 e. The Morgan fingerprint density at radius 3 is 2.22 bits per heavy atom. The van der Waals surface area contributed by atoms with Gasteiger partial charge in [0.2, 0.25) is 0 Å². The van der Waals surface area contributed by atoms with E-state index in [1.54, 1.807) is 6.07 Å². The van der Waals surface area contributed by atoms with Crippen molar-refractivity contribution in [3.63, 3.8) is 0 Å². The Kier molecular flexibility index (Phi) is 5.26. The van der Waals surface area contributed by atoms with Gasteiger partial charge in [-0.1, -0.05) is 30.3 Å². The van der Waals surface area contributed by atoms with Gasteiger partial charge < -0.3 is 10.0 Å². The summed E-state index contributed by atoms with van der Waals surface area (Å²) in [7, 11) is 0. The summed E-state index contributed by atoms with van der Waals surface area (Å²) < 4.78 is 12.9. The first-order valence-electron chi connectivity index (χ1n) is 8.17. The molecule has 1 aliphatic heterocycles. The monoisotopic (exact) mass is 314 g/mol. The SMILES string of the molecule is Oc1ccccc1CCN1CCN(Cc2ccc(F)cc2)CC1. The molecule has 2 aromatic rings. The number of phenols is 1. The van der Waals surface area contributed by atoms with Gasteiger partial charge >= 0.3 is 0 Å². The van der Waals surface area contributed by atoms with E-state index < -0.39 is 0 Å². The number of hydrogen-bond acceptors (Lipinski definition) is 3. The van der Waals surface area contributed by atoms with E-state index in [0.717, 1.165) is 56.8 Å². The molecule has 3 rings (SSSR count). The zero-order valence-corrected chi connectivity index (χ0v) is 13.3. The lowest BCUT2D eigenvalue weighted by molar-refractivity contribution is 0.128. The highest BCUT2D eigenvalue weighted by atomic mass is 19.1. The topological polar surface area (TPSA) is 26.7 Å². The van der Waals surface area contributed by atoms with Gasteiger partial charge in [0.05, 0.1) is 0 Å². The van der Waals surface area contributed by atoms with Crippen LogP contribution in [0.3, 0.4) is 0 Å². The van der Waals surface area contributed by atoms with E-state index in [1.807, 2.05) is 30.3 Å². The van der Waals surface area contributed by atoms with Crippen LogP contribution in [-0.2, 0) is 13.0 Å². The van der Waals surface area contributed by atoms with Crippen molar-refractivity contribution >= 4 is 0 Å². The van der Waals surface area contributed by atoms with Gasteiger partial charge in [-0.25, -0.2) is 4.39 Å². The van der Waals surface area contributed by atoms with Gasteiger partial charge in [-0.05, 0) is 35.7 Å². The van der Waals surface area contributed by atoms with Crippen molar-refractivity contribution in [2.45, 2.75) is 13.0 Å². The summed E-state index contributed by atoms with van der Waals surface area (Å²) in [5, 5.41) is 9.81. The van der Waals surface area contributed by atoms with Gasteiger partial charge in [-0.3, -0.25) is 4.90 Å². The number of para-hydroxylation sites is 1. The zero-order valence-electron chi connectivity index (χ0n) is 13.3. The fourth-order valence-electron chi connectivity index (χ4n) is 3.02. The fraction of sp³-hybridized carbons (Fsp3) is 0.368. The fourth-order valence-corrected chi connectivity index (χ4v) is 3.02. The summed E-state index contributed by atoms with van der Waals surface area (Å²) in [4.78, 5) is 4.84. The molecule has 0 aliphatic carbocycles. The van der Waals surface area contributed by atoms with Crippen molar-refractivity contribution in [2.24, 2.45) is 0 Å². The van der Waals surface area contributed by atoms with Crippen molar-refractivity contribution in [1.82, 2.24) is 9.80 Å². The summed E-state index contributed by atoms with van der Waals surface area (Å²) in [6.45, 7) is 5.98. The molecule has 3 nitrogen and oxygen atoms in total. The second-order valence-electron chi connectivity index (χ2n) is 6.12. The Morgan fingerprint density at radius 2 is 1.52 bits per heavy atom. The van der Waals surface area contributed by atoms with Gasteiger partial charge in [0, 0.05) is 39.3 Å². The van der Waals surface area contributed by atoms with Crippen LogP contribution in [0.15, 0.2) is 48.5 Å². The number of benzene rings is 2. The Hall–Kier alpha value is -1.91. The molecule has 0 amide bonds. The molecule has 4 heteroatoms. The van der Waals surface area contributed by atoms with E-state index in [4.69, 9.17) is 0 Å². The number of aromatic hydroxyl groups is 1. The summed E-state index contributed by atoms with van der Waals surface area (Å²) >= 11 is 0. The molecule has 1 aliphatic rings. The van der Waals surface area contributed by atoms with Crippen molar-refractivity contribution in [3.05, 3.63) is 65.5 Å². The predicted molar refractivity (Wildman–Crippen MR) is 89.9 cm³/mol. The number of rotatable bonds is 5. The molecule has 0 unspecified atom stereocenters. The van der Waals surface area contributed by atoms with Gasteiger partial charge in [0.25, 0.3) is 0 Å². The molecular formula is C19H23FN2O. The highest BCUT2D eigenvalue weighted by molar-refractivity contribution is 5.31. The van der Waals surface area contributed by atoms with Crippen LogP contribution in [-0.4, -0.2) is 47.6 Å². The summed E-state index contributed by atoms with van der Waals surface area (Å²) in [5.41, 5.74) is 2.18. The molecule has 0 aromatic heterocycles. The highest BCUT2D eigenvalue weighted by Gasteiger charge is 2.17. The number of phenolic OH excluding ortho intramolecular Hbond substituents is 1. The van der Waals surface area contributed by atoms with Crippen LogP contribution in [0.2, 0.25) is 0 Å². The lowest BCUT2D eigenvalue weighted by Gasteiger charge is -2.34. The summed E-state index contributed by atoms with van der Waals surface area (Å²) in [6, 6.07) is 14.3. The van der Waals surface area contributed by atoms with Crippen molar-refractivity contribution < 1.29 is 9.50 Å². The molecule has 2 aromatic carbocycles. The largest absolute Gasteiger partial charge is 0.508 e. The van der Waals surface area contributed by atoms with Gasteiger partial charge in [-0.15, -0.1) is 0 Å². The molecule has 0 spiro atoms. The van der Waals surface area contributed by atoms with E-state index in [1.165, 1.54) is 12.1 Å². The Bertz CT molecular complexity index is 622. The molecule has 122 valence electrons. The maximum atomic E-state index is 12.9. The smallest absolute Gasteiger partial charge is 0.123 e. The van der Waals surface area contributed by atoms with E-state index in [-0.39, 0.29) is 5.82 Å². The molecule has 0 bridgehead atoms. The summed E-state index contributed by atoms with van der Waals surface area (Å²) in [6.07, 6.45) is 0.880. The molecule has 0 atom stereocenters. The standard InChI is InChI=1S/C19H23FN2O/c20-18-7-5-16(6-8-18)15-22-13-11-21(12-14-22)10-9-17-3-1-2-4-19(17)23/h1-8,23H,9-15H2. The third-order valence-corrected chi connectivity index (χ3v) is 4.47. The van der Waals surface area contributed by atoms with Gasteiger partial charge in [-0.2, -0.15) is 0 Å². The average molecular weight is 314 g/mol. The Balaban J connectivity index is 1.43. The van der Waals surface area contributed by atoms with Crippen LogP contribution >= 0.6 is 0 Å². The lowest BCUT2D eigenvalue weighted by atomic mass is 10.1. The van der Waals surface area contributed by atoms with Crippen molar-refractivity contribution in [2.75, 3.05) is 32.7 Å². The Labute approximate surface area is 137 Å². The molecule has 1 heterocycles. The second-order valence-corrected chi connectivity index (χ2v) is 6.12. The maximum Gasteiger partial charge on any atom is 0.123 e. The first-order valence-corrected chi connectivity index (χ1v) is 8.17. The predicted octanol–water partition coefficient (Wildman–Crippen LogP) is 2.89. The average Bonchev–Trinajstić information content (AvgIpc) is 2.58. The molecule has 1 N–H and O–H groups in total. The quantitative estimate of drug-likeness (QED) is 0.919. The molecule has 0 radical (unpaired) electrons. The number of hydrogen-bond donors (Lipinski definition) is 1. The van der Waals surface area contributed by atoms with E-state index >= 15 is 0 Å². The van der Waals surface area contributed by atoms with Crippen LogP contribution in [0.5, 0.6) is 5.75 Å². The van der Waals surface area contributed by atoms with Gasteiger partial charge in [0.15, 0.2) is 0 Å². The van der Waals surface area contributed by atoms with Crippen LogP contribution in [0, 0.1) is 5.82 Å². The molecule has 0 saturated carbocycles. The second kappa shape index (κ2) is 7.57. The Morgan fingerprint density at radius 1 is 0.870 bits per heavy atom. The first-order chi connectivity index (χ1) is 11.2. The third-order valence-electron chi connectivity index (χ3n) is 4.47. The molecular weight excluding hydrogens is 291 g/mol.